The summed E-state index contributed by atoms with van der Waals surface area (Å²) in [5, 5.41) is 13.3. The molecule has 0 aromatic heterocycles. The van der Waals surface area contributed by atoms with E-state index >= 15 is 0 Å². The fraction of sp³-hybridized carbons (Fsp3) is 0.964. The minimum absolute atomic E-state index is 0.250. The lowest BCUT2D eigenvalue weighted by Gasteiger charge is -2.63. The molecule has 3 nitrogen and oxygen atoms in total. The largest absolute Gasteiger partial charge is 0.396 e. The predicted octanol–water partition coefficient (Wildman–Crippen LogP) is 6.19. The summed E-state index contributed by atoms with van der Waals surface area (Å²) in [6.07, 6.45) is 13.4. The molecule has 1 amide bonds. The van der Waals surface area contributed by atoms with Crippen LogP contribution in [0, 0.1) is 52.3 Å². The molecular weight excluding hydrogens is 382 g/mol. The summed E-state index contributed by atoms with van der Waals surface area (Å²) in [6.45, 7) is 12.7. The first kappa shape index (κ1) is 23.6. The van der Waals surface area contributed by atoms with Crippen LogP contribution in [0.15, 0.2) is 0 Å². The monoisotopic (exact) mass is 431 g/mol. The lowest BCUT2D eigenvalue weighted by Crippen LogP contribution is -2.63. The van der Waals surface area contributed by atoms with E-state index in [4.69, 9.17) is 0 Å². The molecule has 2 N–H and O–H groups in total. The van der Waals surface area contributed by atoms with Crippen molar-refractivity contribution >= 4 is 5.91 Å². The minimum atomic E-state index is 0.250. The van der Waals surface area contributed by atoms with Gasteiger partial charge in [0.05, 0.1) is 0 Å². The second-order valence-corrected chi connectivity index (χ2v) is 13.0. The molecule has 4 rings (SSSR count). The maximum Gasteiger partial charge on any atom is 0.220 e. The molecule has 3 heteroatoms. The number of amides is 1. The number of hydrogen-bond acceptors (Lipinski definition) is 2. The molecule has 3 aliphatic carbocycles. The lowest BCUT2D eigenvalue weighted by atomic mass is 9.44. The predicted molar refractivity (Wildman–Crippen MR) is 127 cm³/mol. The van der Waals surface area contributed by atoms with Gasteiger partial charge in [-0.2, -0.15) is 0 Å². The van der Waals surface area contributed by atoms with Gasteiger partial charge in [-0.25, -0.2) is 0 Å². The average Bonchev–Trinajstić information content (AvgIpc) is 3.06. The van der Waals surface area contributed by atoms with Crippen molar-refractivity contribution in [2.24, 2.45) is 52.3 Å². The van der Waals surface area contributed by atoms with Crippen LogP contribution in [0.1, 0.15) is 105 Å². The highest BCUT2D eigenvalue weighted by Crippen LogP contribution is 2.68. The molecular formula is C28H49NO2. The van der Waals surface area contributed by atoms with Crippen molar-refractivity contribution in [3.8, 4) is 0 Å². The summed E-state index contributed by atoms with van der Waals surface area (Å²) in [5.74, 6) is 5.63. The van der Waals surface area contributed by atoms with Crippen LogP contribution in [0.3, 0.4) is 0 Å². The third-order valence-electron chi connectivity index (χ3n) is 11.0. The van der Waals surface area contributed by atoms with Gasteiger partial charge in [-0.15, -0.1) is 0 Å². The topological polar surface area (TPSA) is 49.3 Å². The second-order valence-electron chi connectivity index (χ2n) is 13.0. The SMILES string of the molecule is CC(C)CCCC(C)C1CCC2C3C(CCO)CC4NC(=O)CCC4(C)C3CCC12C. The number of aliphatic hydroxyl groups excluding tert-OH is 1. The van der Waals surface area contributed by atoms with Crippen LogP contribution >= 0.6 is 0 Å². The van der Waals surface area contributed by atoms with Crippen LogP contribution in [0.25, 0.3) is 0 Å². The van der Waals surface area contributed by atoms with Crippen molar-refractivity contribution in [1.29, 1.82) is 0 Å². The van der Waals surface area contributed by atoms with Crippen molar-refractivity contribution in [3.63, 3.8) is 0 Å². The fourth-order valence-corrected chi connectivity index (χ4v) is 9.34. The molecule has 0 aromatic rings. The lowest BCUT2D eigenvalue weighted by molar-refractivity contribution is -0.147. The number of nitrogens with one attached hydrogen (secondary N) is 1. The molecule has 31 heavy (non-hydrogen) atoms. The molecule has 4 aliphatic rings. The van der Waals surface area contributed by atoms with E-state index in [1.54, 1.807) is 0 Å². The van der Waals surface area contributed by atoms with Crippen LogP contribution < -0.4 is 5.32 Å². The number of carbonyl (C=O) groups excluding carboxylic acids is 1. The van der Waals surface area contributed by atoms with E-state index in [1.165, 1.54) is 44.9 Å². The number of piperidine rings is 1. The maximum absolute atomic E-state index is 12.2. The Morgan fingerprint density at radius 2 is 1.77 bits per heavy atom. The van der Waals surface area contributed by atoms with Gasteiger partial charge in [-0.3, -0.25) is 4.79 Å². The summed E-state index contributed by atoms with van der Waals surface area (Å²) in [4.78, 5) is 12.2. The Morgan fingerprint density at radius 3 is 2.48 bits per heavy atom. The van der Waals surface area contributed by atoms with Gasteiger partial charge in [0, 0.05) is 19.1 Å². The minimum Gasteiger partial charge on any atom is -0.396 e. The third kappa shape index (κ3) is 4.11. The van der Waals surface area contributed by atoms with Crippen LogP contribution in [-0.2, 0) is 4.79 Å². The van der Waals surface area contributed by atoms with Gasteiger partial charge >= 0.3 is 0 Å². The second kappa shape index (κ2) is 8.99. The molecule has 9 atom stereocenters. The van der Waals surface area contributed by atoms with Gasteiger partial charge in [-0.1, -0.05) is 53.9 Å². The quantitative estimate of drug-likeness (QED) is 0.504. The number of carbonyl (C=O) groups is 1. The van der Waals surface area contributed by atoms with E-state index in [9.17, 15) is 9.90 Å². The van der Waals surface area contributed by atoms with Gasteiger partial charge in [0.1, 0.15) is 0 Å². The van der Waals surface area contributed by atoms with Crippen LogP contribution in [0.2, 0.25) is 0 Å². The molecule has 1 heterocycles. The van der Waals surface area contributed by atoms with E-state index in [1.807, 2.05) is 0 Å². The Kier molecular flexibility index (Phi) is 6.84. The molecule has 0 spiro atoms. The molecule has 1 aliphatic heterocycles. The van der Waals surface area contributed by atoms with Gasteiger partial charge in [0.2, 0.25) is 5.91 Å². The van der Waals surface area contributed by atoms with E-state index in [-0.39, 0.29) is 11.3 Å². The highest BCUT2D eigenvalue weighted by molar-refractivity contribution is 5.77. The van der Waals surface area contributed by atoms with Crippen molar-refractivity contribution in [2.75, 3.05) is 6.61 Å². The molecule has 0 aromatic carbocycles. The van der Waals surface area contributed by atoms with E-state index in [0.717, 1.165) is 54.8 Å². The van der Waals surface area contributed by atoms with Crippen molar-refractivity contribution in [2.45, 2.75) is 111 Å². The summed E-state index contributed by atoms with van der Waals surface area (Å²) < 4.78 is 0. The van der Waals surface area contributed by atoms with E-state index in [2.05, 4.69) is 39.9 Å². The summed E-state index contributed by atoms with van der Waals surface area (Å²) in [5.41, 5.74) is 0.736. The third-order valence-corrected chi connectivity index (χ3v) is 11.0. The number of aliphatic hydroxyl groups is 1. The molecule has 0 bridgehead atoms. The average molecular weight is 432 g/mol. The number of fused-ring (bicyclic) bond motifs is 5. The Morgan fingerprint density at radius 1 is 1.03 bits per heavy atom. The smallest absolute Gasteiger partial charge is 0.220 e. The van der Waals surface area contributed by atoms with Crippen LogP contribution in [0.5, 0.6) is 0 Å². The summed E-state index contributed by atoms with van der Waals surface area (Å²) in [6, 6.07) is 0.322. The van der Waals surface area contributed by atoms with Crippen molar-refractivity contribution in [3.05, 3.63) is 0 Å². The zero-order chi connectivity index (χ0) is 22.4. The maximum atomic E-state index is 12.2. The van der Waals surface area contributed by atoms with Gasteiger partial charge in [-0.05, 0) is 97.2 Å². The van der Waals surface area contributed by atoms with Gasteiger partial charge < -0.3 is 10.4 Å². The Balaban J connectivity index is 1.55. The first-order chi connectivity index (χ1) is 14.7. The molecule has 0 radical (unpaired) electrons. The van der Waals surface area contributed by atoms with Gasteiger partial charge in [0.25, 0.3) is 0 Å². The molecule has 9 unspecified atom stereocenters. The first-order valence-electron chi connectivity index (χ1n) is 13.6. The molecule has 1 saturated heterocycles. The van der Waals surface area contributed by atoms with Crippen LogP contribution in [0.4, 0.5) is 0 Å². The number of rotatable bonds is 7. The van der Waals surface area contributed by atoms with Crippen LogP contribution in [-0.4, -0.2) is 23.7 Å². The highest BCUT2D eigenvalue weighted by Gasteiger charge is 2.62. The number of hydrogen-bond donors (Lipinski definition) is 2. The zero-order valence-electron chi connectivity index (χ0n) is 21.0. The standard InChI is InChI=1S/C28H49NO2/c1-18(2)7-6-8-19(3)21-9-10-22-26-20(13-16-30)17-24-28(5,15-12-25(31)29-24)23(26)11-14-27(21,22)4/h18-24,26,30H,6-17H2,1-5H3,(H,29,31). The van der Waals surface area contributed by atoms with Crippen molar-refractivity contribution in [1.82, 2.24) is 5.32 Å². The van der Waals surface area contributed by atoms with E-state index in [0.29, 0.717) is 30.4 Å². The van der Waals surface area contributed by atoms with Crippen molar-refractivity contribution < 1.29 is 9.90 Å². The Labute approximate surface area is 191 Å². The fourth-order valence-electron chi connectivity index (χ4n) is 9.34. The summed E-state index contributed by atoms with van der Waals surface area (Å²) in [7, 11) is 0. The normalized spacial score (nSPS) is 45.6. The van der Waals surface area contributed by atoms with Gasteiger partial charge in [0.15, 0.2) is 0 Å². The highest BCUT2D eigenvalue weighted by atomic mass is 16.3. The zero-order valence-corrected chi connectivity index (χ0v) is 21.0. The molecule has 4 fully saturated rings. The Bertz CT molecular complexity index is 647. The summed E-state index contributed by atoms with van der Waals surface area (Å²) >= 11 is 0. The van der Waals surface area contributed by atoms with E-state index < -0.39 is 0 Å². The molecule has 178 valence electrons. The first-order valence-corrected chi connectivity index (χ1v) is 13.6. The molecule has 3 saturated carbocycles. The Hall–Kier alpha value is -0.570.